The van der Waals surface area contributed by atoms with Crippen molar-refractivity contribution in [3.63, 3.8) is 0 Å². The third kappa shape index (κ3) is 2.24. The Bertz CT molecular complexity index is 275. The molecule has 6 atom stereocenters. The van der Waals surface area contributed by atoms with E-state index < -0.39 is 0 Å². The molecule has 0 N–H and O–H groups in total. The van der Waals surface area contributed by atoms with Gasteiger partial charge in [-0.25, -0.2) is 0 Å². The lowest BCUT2D eigenvalue weighted by atomic mass is 9.66. The normalized spacial score (nSPS) is 45.3. The van der Waals surface area contributed by atoms with Gasteiger partial charge in [0, 0.05) is 6.61 Å². The number of rotatable bonds is 3. The van der Waals surface area contributed by atoms with Crippen molar-refractivity contribution in [3.05, 3.63) is 0 Å². The molecular formula is C17H30O. The molecule has 1 heteroatoms. The minimum absolute atomic E-state index is 0.503. The highest BCUT2D eigenvalue weighted by molar-refractivity contribution is 4.98. The van der Waals surface area contributed by atoms with Crippen molar-refractivity contribution in [1.82, 2.24) is 0 Å². The molecule has 0 spiro atoms. The fourth-order valence-electron chi connectivity index (χ4n) is 5.65. The fraction of sp³-hybridized carbons (Fsp3) is 1.00. The lowest BCUT2D eigenvalue weighted by molar-refractivity contribution is -0.0274. The molecule has 0 aromatic heterocycles. The smallest absolute Gasteiger partial charge is 0.0577 e. The number of hydrogen-bond acceptors (Lipinski definition) is 1. The van der Waals surface area contributed by atoms with E-state index in [0.29, 0.717) is 6.10 Å². The molecule has 3 saturated carbocycles. The fourth-order valence-corrected chi connectivity index (χ4v) is 5.65. The number of hydrogen-bond donors (Lipinski definition) is 0. The van der Waals surface area contributed by atoms with Gasteiger partial charge in [0.2, 0.25) is 0 Å². The van der Waals surface area contributed by atoms with Crippen molar-refractivity contribution < 1.29 is 4.74 Å². The topological polar surface area (TPSA) is 9.23 Å². The van der Waals surface area contributed by atoms with E-state index in [9.17, 15) is 0 Å². The first kappa shape index (κ1) is 13.0. The summed E-state index contributed by atoms with van der Waals surface area (Å²) in [4.78, 5) is 0. The largest absolute Gasteiger partial charge is 0.378 e. The van der Waals surface area contributed by atoms with Crippen LogP contribution in [0.3, 0.4) is 0 Å². The lowest BCUT2D eigenvalue weighted by Crippen LogP contribution is -2.37. The number of ether oxygens (including phenoxy) is 1. The Morgan fingerprint density at radius 1 is 1.00 bits per heavy atom. The van der Waals surface area contributed by atoms with Gasteiger partial charge in [-0.15, -0.1) is 0 Å². The van der Waals surface area contributed by atoms with Crippen LogP contribution < -0.4 is 0 Å². The van der Waals surface area contributed by atoms with Gasteiger partial charge >= 0.3 is 0 Å². The molecule has 0 heterocycles. The van der Waals surface area contributed by atoms with Crippen LogP contribution in [0, 0.1) is 29.6 Å². The summed E-state index contributed by atoms with van der Waals surface area (Å²) in [6.45, 7) is 5.38. The van der Waals surface area contributed by atoms with E-state index in [-0.39, 0.29) is 0 Å². The molecular weight excluding hydrogens is 220 g/mol. The molecule has 3 aliphatic rings. The van der Waals surface area contributed by atoms with Crippen molar-refractivity contribution in [2.75, 3.05) is 6.61 Å². The van der Waals surface area contributed by atoms with Gasteiger partial charge < -0.3 is 4.74 Å². The molecule has 0 aromatic rings. The molecule has 3 rings (SSSR count). The van der Waals surface area contributed by atoms with Crippen molar-refractivity contribution >= 4 is 0 Å². The van der Waals surface area contributed by atoms with Crippen LogP contribution in [0.15, 0.2) is 0 Å². The highest BCUT2D eigenvalue weighted by Gasteiger charge is 2.49. The third-order valence-corrected chi connectivity index (χ3v) is 6.25. The Labute approximate surface area is 113 Å². The van der Waals surface area contributed by atoms with Gasteiger partial charge in [-0.05, 0) is 62.7 Å². The molecule has 0 saturated heterocycles. The molecule has 3 fully saturated rings. The summed E-state index contributed by atoms with van der Waals surface area (Å²) in [6.07, 6.45) is 12.6. The minimum atomic E-state index is 0.503. The summed E-state index contributed by atoms with van der Waals surface area (Å²) in [7, 11) is 0. The lowest BCUT2D eigenvalue weighted by Gasteiger charge is -2.41. The maximum atomic E-state index is 5.97. The predicted molar refractivity (Wildman–Crippen MR) is 75.5 cm³/mol. The molecule has 18 heavy (non-hydrogen) atoms. The van der Waals surface area contributed by atoms with Gasteiger partial charge in [-0.3, -0.25) is 0 Å². The van der Waals surface area contributed by atoms with Crippen molar-refractivity contribution in [2.24, 2.45) is 29.6 Å². The van der Waals surface area contributed by atoms with Crippen LogP contribution in [-0.2, 0) is 4.74 Å². The maximum Gasteiger partial charge on any atom is 0.0577 e. The molecule has 1 nitrogen and oxygen atoms in total. The first-order valence-electron chi connectivity index (χ1n) is 8.42. The highest BCUT2D eigenvalue weighted by Crippen LogP contribution is 2.56. The first-order valence-corrected chi connectivity index (χ1v) is 8.42. The predicted octanol–water partition coefficient (Wildman–Crippen LogP) is 4.65. The van der Waals surface area contributed by atoms with Crippen molar-refractivity contribution in [3.8, 4) is 0 Å². The summed E-state index contributed by atoms with van der Waals surface area (Å²) in [5.74, 6) is 5.10. The number of fused-ring (bicyclic) bond motifs is 3. The Balaban J connectivity index is 1.75. The highest BCUT2D eigenvalue weighted by atomic mass is 16.5. The molecule has 0 aliphatic heterocycles. The Morgan fingerprint density at radius 2 is 1.78 bits per heavy atom. The van der Waals surface area contributed by atoms with E-state index in [2.05, 4.69) is 13.8 Å². The summed E-state index contributed by atoms with van der Waals surface area (Å²) < 4.78 is 5.97. The average Bonchev–Trinajstić information content (AvgIpc) is 2.77. The Kier molecular flexibility index (Phi) is 3.98. The maximum absolute atomic E-state index is 5.97. The molecule has 6 unspecified atom stereocenters. The van der Waals surface area contributed by atoms with Crippen LogP contribution in [0.25, 0.3) is 0 Å². The minimum Gasteiger partial charge on any atom is -0.378 e. The summed E-state index contributed by atoms with van der Waals surface area (Å²) in [5, 5.41) is 0. The van der Waals surface area contributed by atoms with Gasteiger partial charge in [0.25, 0.3) is 0 Å². The monoisotopic (exact) mass is 250 g/mol. The molecule has 0 amide bonds. The van der Waals surface area contributed by atoms with Crippen LogP contribution in [0.4, 0.5) is 0 Å². The average molecular weight is 250 g/mol. The second kappa shape index (κ2) is 5.53. The zero-order chi connectivity index (χ0) is 12.5. The van der Waals surface area contributed by atoms with E-state index in [1.807, 2.05) is 0 Å². The molecule has 0 aromatic carbocycles. The Hall–Kier alpha value is -0.0400. The van der Waals surface area contributed by atoms with Crippen LogP contribution in [-0.4, -0.2) is 12.7 Å². The standard InChI is InChI=1S/C17H30O/c1-3-18-12(2)15-10-6-8-14-11-13-7-4-5-9-16(13)17(14)15/h12-17H,3-11H2,1-2H3. The third-order valence-electron chi connectivity index (χ3n) is 6.25. The quantitative estimate of drug-likeness (QED) is 0.708. The van der Waals surface area contributed by atoms with Crippen LogP contribution >= 0.6 is 0 Å². The first-order chi connectivity index (χ1) is 8.81. The van der Waals surface area contributed by atoms with E-state index in [1.165, 1.54) is 44.9 Å². The second-order valence-corrected chi connectivity index (χ2v) is 7.04. The van der Waals surface area contributed by atoms with Crippen LogP contribution in [0.1, 0.15) is 65.2 Å². The second-order valence-electron chi connectivity index (χ2n) is 7.04. The van der Waals surface area contributed by atoms with Gasteiger partial charge in [-0.2, -0.15) is 0 Å². The zero-order valence-corrected chi connectivity index (χ0v) is 12.2. The van der Waals surface area contributed by atoms with Gasteiger partial charge in [0.05, 0.1) is 6.10 Å². The van der Waals surface area contributed by atoms with E-state index in [4.69, 9.17) is 4.74 Å². The van der Waals surface area contributed by atoms with Gasteiger partial charge in [0.1, 0.15) is 0 Å². The van der Waals surface area contributed by atoms with Crippen molar-refractivity contribution in [1.29, 1.82) is 0 Å². The van der Waals surface area contributed by atoms with Crippen LogP contribution in [0.2, 0.25) is 0 Å². The molecule has 104 valence electrons. The van der Waals surface area contributed by atoms with Gasteiger partial charge in [0.15, 0.2) is 0 Å². The zero-order valence-electron chi connectivity index (χ0n) is 12.2. The SMILES string of the molecule is CCOC(C)C1CCCC2CC3CCCCC3C21. The van der Waals surface area contributed by atoms with E-state index in [0.717, 1.165) is 36.2 Å². The van der Waals surface area contributed by atoms with E-state index in [1.54, 1.807) is 6.42 Å². The van der Waals surface area contributed by atoms with E-state index >= 15 is 0 Å². The summed E-state index contributed by atoms with van der Waals surface area (Å²) in [6, 6.07) is 0. The van der Waals surface area contributed by atoms with Crippen molar-refractivity contribution in [2.45, 2.75) is 71.3 Å². The summed E-state index contributed by atoms with van der Waals surface area (Å²) in [5.41, 5.74) is 0. The van der Waals surface area contributed by atoms with Gasteiger partial charge in [-0.1, -0.05) is 32.1 Å². The summed E-state index contributed by atoms with van der Waals surface area (Å²) >= 11 is 0. The Morgan fingerprint density at radius 3 is 2.61 bits per heavy atom. The van der Waals surface area contributed by atoms with Crippen LogP contribution in [0.5, 0.6) is 0 Å². The molecule has 0 bridgehead atoms. The molecule has 3 aliphatic carbocycles. The molecule has 0 radical (unpaired) electrons.